The van der Waals surface area contributed by atoms with Crippen LogP contribution in [0.3, 0.4) is 0 Å². The third-order valence-electron chi connectivity index (χ3n) is 4.23. The van der Waals surface area contributed by atoms with Gasteiger partial charge in [0.25, 0.3) is 0 Å². The average Bonchev–Trinajstić information content (AvgIpc) is 3.12. The summed E-state index contributed by atoms with van der Waals surface area (Å²) in [6.07, 6.45) is 7.45. The Hall–Kier alpha value is -3.14. The zero-order valence-electron chi connectivity index (χ0n) is 13.5. The highest BCUT2D eigenvalue weighted by atomic mass is 15.1. The Morgan fingerprint density at radius 1 is 1.00 bits per heavy atom. The number of anilines is 1. The first-order valence-electron chi connectivity index (χ1n) is 7.94. The minimum absolute atomic E-state index is 0.849. The van der Waals surface area contributed by atoms with Crippen molar-refractivity contribution in [3.63, 3.8) is 0 Å². The van der Waals surface area contributed by atoms with Gasteiger partial charge in [0.1, 0.15) is 5.65 Å². The van der Waals surface area contributed by atoms with Gasteiger partial charge in [0.05, 0.1) is 11.9 Å². The number of aromatic nitrogens is 3. The molecule has 0 atom stereocenters. The molecule has 0 bridgehead atoms. The number of hydrogen-bond acceptors (Lipinski definition) is 3. The average molecular weight is 314 g/mol. The second-order valence-electron chi connectivity index (χ2n) is 5.86. The number of hydrogen-bond donors (Lipinski definition) is 1. The lowest BCUT2D eigenvalue weighted by Crippen LogP contribution is -2.16. The summed E-state index contributed by atoms with van der Waals surface area (Å²) in [5.74, 6) is 0. The van der Waals surface area contributed by atoms with E-state index in [1.165, 1.54) is 16.7 Å². The molecule has 3 aromatic heterocycles. The fourth-order valence-corrected chi connectivity index (χ4v) is 2.95. The van der Waals surface area contributed by atoms with Crippen molar-refractivity contribution in [2.24, 2.45) is 0 Å². The molecule has 0 fully saturated rings. The summed E-state index contributed by atoms with van der Waals surface area (Å²) in [4.78, 5) is 13.9. The van der Waals surface area contributed by atoms with E-state index in [1.54, 1.807) is 6.20 Å². The Morgan fingerprint density at radius 3 is 2.67 bits per heavy atom. The molecule has 0 aliphatic carbocycles. The maximum atomic E-state index is 4.35. The second kappa shape index (κ2) is 6.16. The smallest absolute Gasteiger partial charge is 0.137 e. The molecular formula is C20H18N4. The van der Waals surface area contributed by atoms with E-state index >= 15 is 0 Å². The van der Waals surface area contributed by atoms with Crippen molar-refractivity contribution >= 4 is 16.7 Å². The summed E-state index contributed by atoms with van der Waals surface area (Å²) in [6, 6.07) is 16.9. The van der Waals surface area contributed by atoms with Crippen LogP contribution in [-0.4, -0.2) is 22.0 Å². The van der Waals surface area contributed by atoms with Crippen LogP contribution in [0.15, 0.2) is 73.3 Å². The molecule has 24 heavy (non-hydrogen) atoms. The predicted octanol–water partition coefficient (Wildman–Crippen LogP) is 4.26. The van der Waals surface area contributed by atoms with E-state index in [2.05, 4.69) is 69.4 Å². The monoisotopic (exact) mass is 314 g/mol. The van der Waals surface area contributed by atoms with Crippen molar-refractivity contribution in [1.82, 2.24) is 15.0 Å². The number of pyridine rings is 2. The molecule has 0 aliphatic heterocycles. The molecule has 0 radical (unpaired) electrons. The van der Waals surface area contributed by atoms with Crippen molar-refractivity contribution in [3.05, 3.63) is 78.9 Å². The Morgan fingerprint density at radius 2 is 1.88 bits per heavy atom. The lowest BCUT2D eigenvalue weighted by atomic mass is 10.0. The van der Waals surface area contributed by atoms with Gasteiger partial charge in [-0.1, -0.05) is 24.3 Å². The standard InChI is InChI=1S/C20H18N4/c1-24(17-3-2-10-21-13-17)14-15-4-6-16(7-5-15)18-8-11-22-20-19(18)9-12-23-20/h2-13H,14H2,1H3,(H,22,23). The first-order valence-corrected chi connectivity index (χ1v) is 7.94. The lowest BCUT2D eigenvalue weighted by molar-refractivity contribution is 0.918. The lowest BCUT2D eigenvalue weighted by Gasteiger charge is -2.19. The van der Waals surface area contributed by atoms with Gasteiger partial charge < -0.3 is 9.88 Å². The molecule has 4 aromatic rings. The van der Waals surface area contributed by atoms with Crippen LogP contribution in [0.1, 0.15) is 5.56 Å². The van der Waals surface area contributed by atoms with Gasteiger partial charge in [-0.05, 0) is 41.0 Å². The summed E-state index contributed by atoms with van der Waals surface area (Å²) in [7, 11) is 2.08. The van der Waals surface area contributed by atoms with E-state index in [-0.39, 0.29) is 0 Å². The Kier molecular flexibility index (Phi) is 3.71. The van der Waals surface area contributed by atoms with E-state index < -0.39 is 0 Å². The van der Waals surface area contributed by atoms with Crippen LogP contribution >= 0.6 is 0 Å². The molecule has 0 aliphatic rings. The number of H-pyrrole nitrogens is 1. The van der Waals surface area contributed by atoms with E-state index in [4.69, 9.17) is 0 Å². The Bertz CT molecular complexity index is 942. The van der Waals surface area contributed by atoms with Crippen LogP contribution in [0.4, 0.5) is 5.69 Å². The molecule has 0 amide bonds. The number of benzene rings is 1. The molecule has 0 saturated heterocycles. The topological polar surface area (TPSA) is 44.8 Å². The Labute approximate surface area is 140 Å². The highest BCUT2D eigenvalue weighted by molar-refractivity contribution is 5.92. The molecule has 4 rings (SSSR count). The molecular weight excluding hydrogens is 296 g/mol. The number of nitrogens with one attached hydrogen (secondary N) is 1. The van der Waals surface area contributed by atoms with Crippen molar-refractivity contribution in [2.45, 2.75) is 6.54 Å². The molecule has 1 aromatic carbocycles. The van der Waals surface area contributed by atoms with E-state index in [0.29, 0.717) is 0 Å². The molecule has 1 N–H and O–H groups in total. The SMILES string of the molecule is CN(Cc1ccc(-c2ccnc3[nH]ccc23)cc1)c1cccnc1. The van der Waals surface area contributed by atoms with Gasteiger partial charge in [0.2, 0.25) is 0 Å². The zero-order valence-corrected chi connectivity index (χ0v) is 13.5. The fraction of sp³-hybridized carbons (Fsp3) is 0.100. The first kappa shape index (κ1) is 14.5. The molecule has 0 unspecified atom stereocenters. The highest BCUT2D eigenvalue weighted by Gasteiger charge is 2.06. The maximum Gasteiger partial charge on any atom is 0.137 e. The van der Waals surface area contributed by atoms with Crippen LogP contribution in [0, 0.1) is 0 Å². The van der Waals surface area contributed by atoms with Gasteiger partial charge in [0, 0.05) is 37.6 Å². The first-order chi connectivity index (χ1) is 11.8. The fourth-order valence-electron chi connectivity index (χ4n) is 2.95. The van der Waals surface area contributed by atoms with Gasteiger partial charge in [0.15, 0.2) is 0 Å². The molecule has 3 heterocycles. The van der Waals surface area contributed by atoms with Gasteiger partial charge in [-0.25, -0.2) is 4.98 Å². The highest BCUT2D eigenvalue weighted by Crippen LogP contribution is 2.27. The van der Waals surface area contributed by atoms with Crippen molar-refractivity contribution in [3.8, 4) is 11.1 Å². The van der Waals surface area contributed by atoms with Crippen LogP contribution in [-0.2, 0) is 6.54 Å². The second-order valence-corrected chi connectivity index (χ2v) is 5.86. The van der Waals surface area contributed by atoms with Crippen molar-refractivity contribution in [2.75, 3.05) is 11.9 Å². The predicted molar refractivity (Wildman–Crippen MR) is 97.9 cm³/mol. The Balaban J connectivity index is 1.58. The van der Waals surface area contributed by atoms with Gasteiger partial charge in [-0.15, -0.1) is 0 Å². The minimum atomic E-state index is 0.849. The summed E-state index contributed by atoms with van der Waals surface area (Å²) in [5.41, 5.74) is 5.71. The van der Waals surface area contributed by atoms with Gasteiger partial charge in [-0.2, -0.15) is 0 Å². The molecule has 4 heteroatoms. The third-order valence-corrected chi connectivity index (χ3v) is 4.23. The number of rotatable bonds is 4. The zero-order chi connectivity index (χ0) is 16.4. The van der Waals surface area contributed by atoms with Crippen molar-refractivity contribution in [1.29, 1.82) is 0 Å². The largest absolute Gasteiger partial charge is 0.369 e. The summed E-state index contributed by atoms with van der Waals surface area (Å²) < 4.78 is 0. The van der Waals surface area contributed by atoms with Crippen LogP contribution in [0.25, 0.3) is 22.2 Å². The summed E-state index contributed by atoms with van der Waals surface area (Å²) in [6.45, 7) is 0.849. The molecule has 118 valence electrons. The summed E-state index contributed by atoms with van der Waals surface area (Å²) in [5, 5.41) is 1.15. The number of fused-ring (bicyclic) bond motifs is 1. The van der Waals surface area contributed by atoms with Gasteiger partial charge in [-0.3, -0.25) is 4.98 Å². The molecule has 0 saturated carbocycles. The summed E-state index contributed by atoms with van der Waals surface area (Å²) >= 11 is 0. The van der Waals surface area contributed by atoms with Crippen LogP contribution in [0.5, 0.6) is 0 Å². The minimum Gasteiger partial charge on any atom is -0.369 e. The normalized spacial score (nSPS) is 10.9. The van der Waals surface area contributed by atoms with E-state index in [1.807, 2.05) is 24.7 Å². The van der Waals surface area contributed by atoms with Crippen LogP contribution < -0.4 is 4.90 Å². The quantitative estimate of drug-likeness (QED) is 0.612. The maximum absolute atomic E-state index is 4.35. The van der Waals surface area contributed by atoms with E-state index in [9.17, 15) is 0 Å². The van der Waals surface area contributed by atoms with Crippen LogP contribution in [0.2, 0.25) is 0 Å². The van der Waals surface area contributed by atoms with Crippen molar-refractivity contribution < 1.29 is 0 Å². The molecule has 4 nitrogen and oxygen atoms in total. The third kappa shape index (κ3) is 2.74. The molecule has 0 spiro atoms. The number of nitrogens with zero attached hydrogens (tertiary/aromatic N) is 3. The number of aromatic amines is 1. The van der Waals surface area contributed by atoms with E-state index in [0.717, 1.165) is 23.3 Å². The van der Waals surface area contributed by atoms with Gasteiger partial charge >= 0.3 is 0 Å².